The second-order valence-corrected chi connectivity index (χ2v) is 6.04. The molecule has 2 N–H and O–H groups in total. The Morgan fingerprint density at radius 3 is 2.40 bits per heavy atom. The lowest BCUT2D eigenvalue weighted by Gasteiger charge is -2.23. The normalized spacial score (nSPS) is 22.9. The number of rotatable bonds is 5. The van der Waals surface area contributed by atoms with Gasteiger partial charge in [-0.3, -0.25) is 0 Å². The molecule has 1 atom stereocenters. The molecule has 0 aromatic heterocycles. The Morgan fingerprint density at radius 1 is 1.40 bits per heavy atom. The van der Waals surface area contributed by atoms with Crippen LogP contribution in [-0.2, 0) is 10.2 Å². The second kappa shape index (κ2) is 4.78. The van der Waals surface area contributed by atoms with Crippen molar-refractivity contribution in [1.82, 2.24) is 9.03 Å². The van der Waals surface area contributed by atoms with Crippen LogP contribution in [0.2, 0.25) is 0 Å². The first kappa shape index (κ1) is 12.9. The third kappa shape index (κ3) is 3.71. The molecule has 6 heteroatoms. The zero-order valence-electron chi connectivity index (χ0n) is 9.36. The van der Waals surface area contributed by atoms with Crippen molar-refractivity contribution >= 4 is 10.2 Å². The molecule has 5 nitrogen and oxygen atoms in total. The molecule has 0 aromatic carbocycles. The first-order valence-corrected chi connectivity index (χ1v) is 6.78. The van der Waals surface area contributed by atoms with Crippen LogP contribution in [0.5, 0.6) is 0 Å². The van der Waals surface area contributed by atoms with E-state index in [-0.39, 0.29) is 6.54 Å². The minimum atomic E-state index is -3.38. The quantitative estimate of drug-likeness (QED) is 0.710. The standard InChI is InChI=1S/C9H20N2O3S/c1-3-9(2,12)8-10-15(13,14)11-6-4-5-7-11/h10,12H,3-8H2,1-2H3. The Bertz CT molecular complexity index is 294. The predicted octanol–water partition coefficient (Wildman–Crippen LogP) is 0.0776. The van der Waals surface area contributed by atoms with Gasteiger partial charge < -0.3 is 5.11 Å². The SMILES string of the molecule is CCC(C)(O)CNS(=O)(=O)N1CCCC1. The van der Waals surface area contributed by atoms with Crippen LogP contribution in [0, 0.1) is 0 Å². The van der Waals surface area contributed by atoms with Gasteiger partial charge in [-0.15, -0.1) is 0 Å². The summed E-state index contributed by atoms with van der Waals surface area (Å²) in [4.78, 5) is 0. The van der Waals surface area contributed by atoms with Crippen LogP contribution in [0.1, 0.15) is 33.1 Å². The first-order chi connectivity index (χ1) is 6.87. The third-order valence-electron chi connectivity index (χ3n) is 2.80. The summed E-state index contributed by atoms with van der Waals surface area (Å²) in [5.41, 5.74) is -0.965. The van der Waals surface area contributed by atoms with E-state index in [0.29, 0.717) is 19.5 Å². The molecule has 0 bridgehead atoms. The van der Waals surface area contributed by atoms with Gasteiger partial charge in [0.2, 0.25) is 0 Å². The fourth-order valence-corrected chi connectivity index (χ4v) is 2.81. The van der Waals surface area contributed by atoms with E-state index in [2.05, 4.69) is 4.72 Å². The van der Waals surface area contributed by atoms with Crippen molar-refractivity contribution in [2.24, 2.45) is 0 Å². The minimum absolute atomic E-state index is 0.0718. The van der Waals surface area contributed by atoms with E-state index in [4.69, 9.17) is 0 Å². The molecule has 0 saturated carbocycles. The summed E-state index contributed by atoms with van der Waals surface area (Å²) in [7, 11) is -3.38. The molecule has 0 aliphatic carbocycles. The van der Waals surface area contributed by atoms with Crippen LogP contribution < -0.4 is 4.72 Å². The number of hydrogen-bond donors (Lipinski definition) is 2. The first-order valence-electron chi connectivity index (χ1n) is 5.34. The summed E-state index contributed by atoms with van der Waals surface area (Å²) in [6.07, 6.45) is 2.37. The molecule has 1 unspecified atom stereocenters. The van der Waals surface area contributed by atoms with Gasteiger partial charge in [0, 0.05) is 19.6 Å². The molecule has 0 amide bonds. The van der Waals surface area contributed by atoms with Gasteiger partial charge in [-0.2, -0.15) is 17.4 Å². The van der Waals surface area contributed by atoms with Crippen molar-refractivity contribution < 1.29 is 13.5 Å². The van der Waals surface area contributed by atoms with Crippen LogP contribution in [0.25, 0.3) is 0 Å². The summed E-state index contributed by atoms with van der Waals surface area (Å²) < 4.78 is 27.3. The van der Waals surface area contributed by atoms with Gasteiger partial charge in [-0.25, -0.2) is 0 Å². The smallest absolute Gasteiger partial charge is 0.279 e. The lowest BCUT2D eigenvalue weighted by Crippen LogP contribution is -2.45. The van der Waals surface area contributed by atoms with Crippen molar-refractivity contribution in [2.75, 3.05) is 19.6 Å². The maximum absolute atomic E-state index is 11.7. The van der Waals surface area contributed by atoms with Crippen molar-refractivity contribution in [3.8, 4) is 0 Å². The molecule has 1 fully saturated rings. The van der Waals surface area contributed by atoms with E-state index in [1.807, 2.05) is 6.92 Å². The highest BCUT2D eigenvalue weighted by atomic mass is 32.2. The summed E-state index contributed by atoms with van der Waals surface area (Å²) in [5.74, 6) is 0. The molecule has 0 aromatic rings. The number of nitrogens with zero attached hydrogens (tertiary/aromatic N) is 1. The van der Waals surface area contributed by atoms with E-state index < -0.39 is 15.8 Å². The highest BCUT2D eigenvalue weighted by molar-refractivity contribution is 7.87. The summed E-state index contributed by atoms with van der Waals surface area (Å²) in [6.45, 7) is 4.69. The molecular weight excluding hydrogens is 216 g/mol. The molecule has 1 heterocycles. The van der Waals surface area contributed by atoms with Crippen molar-refractivity contribution in [2.45, 2.75) is 38.7 Å². The fourth-order valence-electron chi connectivity index (χ4n) is 1.39. The maximum atomic E-state index is 11.7. The van der Waals surface area contributed by atoms with Gasteiger partial charge in [0.05, 0.1) is 5.60 Å². The highest BCUT2D eigenvalue weighted by Crippen LogP contribution is 2.12. The van der Waals surface area contributed by atoms with E-state index in [1.165, 1.54) is 4.31 Å². The van der Waals surface area contributed by atoms with Gasteiger partial charge in [0.25, 0.3) is 10.2 Å². The summed E-state index contributed by atoms with van der Waals surface area (Å²) >= 11 is 0. The fraction of sp³-hybridized carbons (Fsp3) is 1.00. The Morgan fingerprint density at radius 2 is 1.93 bits per heavy atom. The van der Waals surface area contributed by atoms with Crippen molar-refractivity contribution in [1.29, 1.82) is 0 Å². The molecule has 15 heavy (non-hydrogen) atoms. The van der Waals surface area contributed by atoms with Gasteiger partial charge in [0.15, 0.2) is 0 Å². The Balaban J connectivity index is 2.50. The lowest BCUT2D eigenvalue weighted by atomic mass is 10.1. The van der Waals surface area contributed by atoms with Gasteiger partial charge in [-0.05, 0) is 26.2 Å². The Kier molecular flexibility index (Phi) is 4.11. The Hall–Kier alpha value is -0.170. The highest BCUT2D eigenvalue weighted by Gasteiger charge is 2.27. The molecule has 90 valence electrons. The van der Waals surface area contributed by atoms with Crippen LogP contribution in [0.4, 0.5) is 0 Å². The molecule has 0 spiro atoms. The van der Waals surface area contributed by atoms with Crippen molar-refractivity contribution in [3.63, 3.8) is 0 Å². The van der Waals surface area contributed by atoms with Gasteiger partial charge in [-0.1, -0.05) is 6.92 Å². The second-order valence-electron chi connectivity index (χ2n) is 4.28. The van der Waals surface area contributed by atoms with E-state index >= 15 is 0 Å². The molecule has 1 saturated heterocycles. The minimum Gasteiger partial charge on any atom is -0.389 e. The zero-order valence-corrected chi connectivity index (χ0v) is 10.2. The number of hydrogen-bond acceptors (Lipinski definition) is 3. The average Bonchev–Trinajstić information content (AvgIpc) is 2.69. The lowest BCUT2D eigenvalue weighted by molar-refractivity contribution is 0.0609. The number of nitrogens with one attached hydrogen (secondary N) is 1. The summed E-state index contributed by atoms with van der Waals surface area (Å²) in [6, 6.07) is 0. The molecule has 1 rings (SSSR count). The average molecular weight is 236 g/mol. The largest absolute Gasteiger partial charge is 0.389 e. The third-order valence-corrected chi connectivity index (χ3v) is 4.36. The molecule has 0 radical (unpaired) electrons. The predicted molar refractivity (Wildman–Crippen MR) is 58.6 cm³/mol. The van der Waals surface area contributed by atoms with E-state index in [1.54, 1.807) is 6.92 Å². The van der Waals surface area contributed by atoms with Crippen LogP contribution in [0.15, 0.2) is 0 Å². The van der Waals surface area contributed by atoms with Gasteiger partial charge >= 0.3 is 0 Å². The molecule has 1 aliphatic rings. The van der Waals surface area contributed by atoms with E-state index in [0.717, 1.165) is 12.8 Å². The topological polar surface area (TPSA) is 69.6 Å². The maximum Gasteiger partial charge on any atom is 0.279 e. The number of aliphatic hydroxyl groups is 1. The molecule has 1 aliphatic heterocycles. The van der Waals surface area contributed by atoms with Crippen molar-refractivity contribution in [3.05, 3.63) is 0 Å². The Labute approximate surface area is 91.7 Å². The van der Waals surface area contributed by atoms with Crippen LogP contribution in [0.3, 0.4) is 0 Å². The van der Waals surface area contributed by atoms with Crippen LogP contribution in [-0.4, -0.2) is 43.1 Å². The van der Waals surface area contributed by atoms with Gasteiger partial charge in [0.1, 0.15) is 0 Å². The molecular formula is C9H20N2O3S. The monoisotopic (exact) mass is 236 g/mol. The van der Waals surface area contributed by atoms with E-state index in [9.17, 15) is 13.5 Å². The summed E-state index contributed by atoms with van der Waals surface area (Å²) in [5, 5.41) is 9.68. The zero-order chi connectivity index (χ0) is 11.5. The van der Waals surface area contributed by atoms with Crippen LogP contribution >= 0.6 is 0 Å².